The van der Waals surface area contributed by atoms with Crippen LogP contribution in [0.15, 0.2) is 78.9 Å². The molecular formula is C29H33N3O2. The molecule has 5 nitrogen and oxygen atoms in total. The van der Waals surface area contributed by atoms with Crippen LogP contribution in [0, 0.1) is 0 Å². The molecule has 1 fully saturated rings. The summed E-state index contributed by atoms with van der Waals surface area (Å²) in [6, 6.07) is 27.0. The Labute approximate surface area is 202 Å². The standard InChI is InChI=1S/C29H33N3O2/c33-29-16-15-26-27(32(29)23-24-9-3-1-4-10-24)13-7-14-28(26)34-22-8-17-30-18-20-31(21-19-30)25-11-5-2-6-12-25/h1-7,9-14H,8,15-23H2. The lowest BCUT2D eigenvalue weighted by Gasteiger charge is -2.36. The summed E-state index contributed by atoms with van der Waals surface area (Å²) in [6.07, 6.45) is 2.28. The maximum Gasteiger partial charge on any atom is 0.227 e. The first-order valence-electron chi connectivity index (χ1n) is 12.4. The molecule has 2 heterocycles. The maximum absolute atomic E-state index is 12.7. The van der Waals surface area contributed by atoms with Crippen molar-refractivity contribution in [2.24, 2.45) is 0 Å². The van der Waals surface area contributed by atoms with Gasteiger partial charge in [0.25, 0.3) is 0 Å². The van der Waals surface area contributed by atoms with Gasteiger partial charge in [0.2, 0.25) is 5.91 Å². The van der Waals surface area contributed by atoms with Crippen molar-refractivity contribution in [1.82, 2.24) is 4.90 Å². The predicted octanol–water partition coefficient (Wildman–Crippen LogP) is 4.76. The molecule has 0 radical (unpaired) electrons. The van der Waals surface area contributed by atoms with E-state index in [4.69, 9.17) is 4.74 Å². The zero-order valence-corrected chi connectivity index (χ0v) is 19.7. The molecule has 0 atom stereocenters. The summed E-state index contributed by atoms with van der Waals surface area (Å²) in [5, 5.41) is 0. The monoisotopic (exact) mass is 455 g/mol. The Morgan fingerprint density at radius 1 is 0.765 bits per heavy atom. The van der Waals surface area contributed by atoms with Gasteiger partial charge in [0.15, 0.2) is 0 Å². The molecule has 2 aliphatic rings. The largest absolute Gasteiger partial charge is 0.493 e. The van der Waals surface area contributed by atoms with E-state index < -0.39 is 0 Å². The van der Waals surface area contributed by atoms with E-state index in [-0.39, 0.29) is 5.91 Å². The molecule has 5 rings (SSSR count). The second-order valence-corrected chi connectivity index (χ2v) is 9.09. The Bertz CT molecular complexity index is 1080. The van der Waals surface area contributed by atoms with Crippen LogP contribution in [0.3, 0.4) is 0 Å². The van der Waals surface area contributed by atoms with Crippen LogP contribution in [0.1, 0.15) is 24.0 Å². The third-order valence-electron chi connectivity index (χ3n) is 6.84. The zero-order valence-electron chi connectivity index (χ0n) is 19.7. The molecule has 0 spiro atoms. The summed E-state index contributed by atoms with van der Waals surface area (Å²) >= 11 is 0. The Morgan fingerprint density at radius 2 is 1.50 bits per heavy atom. The summed E-state index contributed by atoms with van der Waals surface area (Å²) < 4.78 is 6.24. The number of hydrogen-bond acceptors (Lipinski definition) is 4. The second kappa shape index (κ2) is 10.7. The minimum absolute atomic E-state index is 0.183. The first kappa shape index (κ1) is 22.5. The van der Waals surface area contributed by atoms with Crippen molar-refractivity contribution in [3.05, 3.63) is 90.0 Å². The summed E-state index contributed by atoms with van der Waals surface area (Å²) in [5.74, 6) is 1.11. The summed E-state index contributed by atoms with van der Waals surface area (Å²) in [4.78, 5) is 19.6. The summed E-state index contributed by atoms with van der Waals surface area (Å²) in [6.45, 7) is 6.67. The third-order valence-corrected chi connectivity index (χ3v) is 6.84. The number of carbonyl (C=O) groups is 1. The summed E-state index contributed by atoms with van der Waals surface area (Å²) in [7, 11) is 0. The lowest BCUT2D eigenvalue weighted by molar-refractivity contribution is -0.119. The first-order valence-corrected chi connectivity index (χ1v) is 12.4. The molecule has 0 saturated carbocycles. The van der Waals surface area contributed by atoms with Crippen LogP contribution in [-0.2, 0) is 17.8 Å². The van der Waals surface area contributed by atoms with Crippen molar-refractivity contribution in [3.8, 4) is 5.75 Å². The van der Waals surface area contributed by atoms with Gasteiger partial charge in [-0.25, -0.2) is 0 Å². The highest BCUT2D eigenvalue weighted by atomic mass is 16.5. The number of rotatable bonds is 8. The van der Waals surface area contributed by atoms with Crippen molar-refractivity contribution in [1.29, 1.82) is 0 Å². The predicted molar refractivity (Wildman–Crippen MR) is 138 cm³/mol. The van der Waals surface area contributed by atoms with E-state index in [1.54, 1.807) is 0 Å². The molecule has 2 aliphatic heterocycles. The van der Waals surface area contributed by atoms with Gasteiger partial charge in [0.1, 0.15) is 5.75 Å². The number of nitrogens with zero attached hydrogens (tertiary/aromatic N) is 3. The molecule has 5 heteroatoms. The number of anilines is 2. The first-order chi connectivity index (χ1) is 16.8. The van der Waals surface area contributed by atoms with E-state index in [1.165, 1.54) is 5.69 Å². The number of piperazine rings is 1. The molecule has 0 aliphatic carbocycles. The van der Waals surface area contributed by atoms with E-state index in [9.17, 15) is 4.79 Å². The van der Waals surface area contributed by atoms with E-state index >= 15 is 0 Å². The van der Waals surface area contributed by atoms with Crippen molar-refractivity contribution in [2.45, 2.75) is 25.8 Å². The van der Waals surface area contributed by atoms with Gasteiger partial charge < -0.3 is 14.5 Å². The van der Waals surface area contributed by atoms with Gasteiger partial charge in [-0.2, -0.15) is 0 Å². The SMILES string of the molecule is O=C1CCc2c(OCCCN3CCN(c4ccccc4)CC3)cccc2N1Cc1ccccc1. The van der Waals surface area contributed by atoms with Gasteiger partial charge in [-0.1, -0.05) is 54.6 Å². The number of benzene rings is 3. The highest BCUT2D eigenvalue weighted by molar-refractivity contribution is 5.96. The molecule has 1 amide bonds. The highest BCUT2D eigenvalue weighted by Gasteiger charge is 2.26. The molecule has 34 heavy (non-hydrogen) atoms. The van der Waals surface area contributed by atoms with Crippen LogP contribution >= 0.6 is 0 Å². The number of carbonyl (C=O) groups excluding carboxylic acids is 1. The highest BCUT2D eigenvalue weighted by Crippen LogP contribution is 2.35. The Hall–Kier alpha value is -3.31. The molecular weight excluding hydrogens is 422 g/mol. The number of fused-ring (bicyclic) bond motifs is 1. The van der Waals surface area contributed by atoms with Crippen LogP contribution < -0.4 is 14.5 Å². The topological polar surface area (TPSA) is 36.0 Å². The second-order valence-electron chi connectivity index (χ2n) is 9.09. The molecule has 1 saturated heterocycles. The van der Waals surface area contributed by atoms with Crippen LogP contribution in [0.2, 0.25) is 0 Å². The van der Waals surface area contributed by atoms with Crippen LogP contribution in [0.4, 0.5) is 11.4 Å². The normalized spacial score (nSPS) is 16.4. The van der Waals surface area contributed by atoms with Crippen molar-refractivity contribution < 1.29 is 9.53 Å². The van der Waals surface area contributed by atoms with Gasteiger partial charge in [0, 0.05) is 50.4 Å². The number of amides is 1. The number of hydrogen-bond donors (Lipinski definition) is 0. The van der Waals surface area contributed by atoms with Gasteiger partial charge in [-0.3, -0.25) is 9.69 Å². The molecule has 0 N–H and O–H groups in total. The smallest absolute Gasteiger partial charge is 0.227 e. The molecule has 3 aromatic rings. The maximum atomic E-state index is 12.7. The molecule has 0 aromatic heterocycles. The van der Waals surface area contributed by atoms with Gasteiger partial charge in [0.05, 0.1) is 18.8 Å². The zero-order chi connectivity index (χ0) is 23.2. The lowest BCUT2D eigenvalue weighted by Crippen LogP contribution is -2.46. The Morgan fingerprint density at radius 3 is 2.26 bits per heavy atom. The third kappa shape index (κ3) is 5.26. The van der Waals surface area contributed by atoms with Crippen LogP contribution in [0.25, 0.3) is 0 Å². The van der Waals surface area contributed by atoms with Gasteiger partial charge in [-0.05, 0) is 42.7 Å². The molecule has 0 unspecified atom stereocenters. The number of para-hydroxylation sites is 1. The average molecular weight is 456 g/mol. The van der Waals surface area contributed by atoms with E-state index in [1.807, 2.05) is 35.2 Å². The molecule has 3 aromatic carbocycles. The lowest BCUT2D eigenvalue weighted by atomic mass is 9.99. The molecule has 0 bridgehead atoms. The van der Waals surface area contributed by atoms with Crippen molar-refractivity contribution >= 4 is 17.3 Å². The van der Waals surface area contributed by atoms with E-state index in [0.29, 0.717) is 19.6 Å². The van der Waals surface area contributed by atoms with Gasteiger partial charge >= 0.3 is 0 Å². The quantitative estimate of drug-likeness (QED) is 0.459. The summed E-state index contributed by atoms with van der Waals surface area (Å²) in [5.41, 5.74) is 4.62. The number of ether oxygens (including phenoxy) is 1. The van der Waals surface area contributed by atoms with E-state index in [2.05, 4.69) is 58.3 Å². The fourth-order valence-corrected chi connectivity index (χ4v) is 4.97. The van der Waals surface area contributed by atoms with Crippen LogP contribution in [0.5, 0.6) is 5.75 Å². The Balaban J connectivity index is 1.13. The van der Waals surface area contributed by atoms with Gasteiger partial charge in [-0.15, -0.1) is 0 Å². The average Bonchev–Trinajstić information content (AvgIpc) is 2.90. The fourth-order valence-electron chi connectivity index (χ4n) is 4.97. The van der Waals surface area contributed by atoms with Crippen molar-refractivity contribution in [2.75, 3.05) is 49.1 Å². The van der Waals surface area contributed by atoms with Crippen molar-refractivity contribution in [3.63, 3.8) is 0 Å². The minimum Gasteiger partial charge on any atom is -0.493 e. The molecule has 176 valence electrons. The Kier molecular flexibility index (Phi) is 7.10. The van der Waals surface area contributed by atoms with E-state index in [0.717, 1.165) is 68.1 Å². The fraction of sp³-hybridized carbons (Fsp3) is 0.345. The minimum atomic E-state index is 0.183. The van der Waals surface area contributed by atoms with Crippen LogP contribution in [-0.4, -0.2) is 50.1 Å².